The van der Waals surface area contributed by atoms with Gasteiger partial charge < -0.3 is 22.3 Å². The van der Waals surface area contributed by atoms with Crippen LogP contribution in [0.15, 0.2) is 44.8 Å². The van der Waals surface area contributed by atoms with Crippen molar-refractivity contribution in [2.24, 2.45) is 27.2 Å². The molecule has 8 nitrogen and oxygen atoms in total. The van der Waals surface area contributed by atoms with Crippen molar-refractivity contribution in [1.29, 1.82) is 0 Å². The largest absolute Gasteiger partial charge is 0.507 e. The zero-order valence-electron chi connectivity index (χ0n) is 12.7. The van der Waals surface area contributed by atoms with E-state index in [9.17, 15) is 14.7 Å². The van der Waals surface area contributed by atoms with E-state index in [1.165, 1.54) is 18.2 Å². The maximum atomic E-state index is 12.9. The third kappa shape index (κ3) is 2.74. The number of phenols is 1. The van der Waals surface area contributed by atoms with E-state index < -0.39 is 11.6 Å². The predicted octanol–water partition coefficient (Wildman–Crippen LogP) is 1.15. The molecule has 0 spiro atoms. The number of aromatic hydroxyl groups is 1. The number of nitrogens with zero attached hydrogens (tertiary/aromatic N) is 2. The maximum absolute atomic E-state index is 12.9. The minimum absolute atomic E-state index is 0.0585. The Labute approximate surface area is 150 Å². The van der Waals surface area contributed by atoms with E-state index in [4.69, 9.17) is 17.2 Å². The zero-order valence-corrected chi connectivity index (χ0v) is 14.2. The van der Waals surface area contributed by atoms with Gasteiger partial charge in [0.05, 0.1) is 16.8 Å². The highest BCUT2D eigenvalue weighted by Gasteiger charge is 2.35. The highest BCUT2D eigenvalue weighted by atomic mass is 79.9. The minimum atomic E-state index is -0.480. The normalized spacial score (nSPS) is 13.2. The standard InChI is InChI=1S/C16H12BrN5O3/c17-8-5-9(23)10-11(12(8)21-16(20)22-15(18)19)14(25)7-4-2-1-3-6(7)13(10)24/h1-5,23H,(H6,18,19,20,21,22). The summed E-state index contributed by atoms with van der Waals surface area (Å²) in [6, 6.07) is 7.60. The fourth-order valence-electron chi connectivity index (χ4n) is 2.61. The number of phenolic OH excluding ortho intramolecular Hbond substituents is 1. The Morgan fingerprint density at radius 1 is 1.00 bits per heavy atom. The second-order valence-corrected chi connectivity index (χ2v) is 6.04. The van der Waals surface area contributed by atoms with Gasteiger partial charge in [-0.1, -0.05) is 24.3 Å². The number of hydrogen-bond acceptors (Lipinski definition) is 4. The Kier molecular flexibility index (Phi) is 4.01. The molecule has 9 heteroatoms. The highest BCUT2D eigenvalue weighted by Crippen LogP contribution is 2.42. The molecule has 2 aromatic carbocycles. The van der Waals surface area contributed by atoms with E-state index in [-0.39, 0.29) is 50.1 Å². The monoisotopic (exact) mass is 401 g/mol. The smallest absolute Gasteiger partial charge is 0.223 e. The molecule has 0 fully saturated rings. The molecular formula is C16H12BrN5O3. The van der Waals surface area contributed by atoms with Crippen LogP contribution in [0.1, 0.15) is 31.8 Å². The molecule has 1 aliphatic carbocycles. The van der Waals surface area contributed by atoms with Crippen LogP contribution in [-0.2, 0) is 0 Å². The van der Waals surface area contributed by atoms with Crippen LogP contribution in [0.4, 0.5) is 5.69 Å². The first-order valence-corrected chi connectivity index (χ1v) is 7.78. The number of guanidine groups is 2. The van der Waals surface area contributed by atoms with Crippen LogP contribution in [0.5, 0.6) is 5.75 Å². The molecule has 3 rings (SSSR count). The topological polar surface area (TPSA) is 157 Å². The SMILES string of the molecule is NC(N)=NC(N)=Nc1c(Br)cc(O)c2c1C(=O)c1ccccc1C2=O. The van der Waals surface area contributed by atoms with Gasteiger partial charge >= 0.3 is 0 Å². The van der Waals surface area contributed by atoms with E-state index in [1.807, 2.05) is 0 Å². The third-order valence-corrected chi connectivity index (χ3v) is 4.18. The molecule has 0 heterocycles. The van der Waals surface area contributed by atoms with Gasteiger partial charge in [-0.15, -0.1) is 0 Å². The molecule has 0 aromatic heterocycles. The molecule has 0 saturated carbocycles. The minimum Gasteiger partial charge on any atom is -0.507 e. The molecule has 0 unspecified atom stereocenters. The van der Waals surface area contributed by atoms with Crippen molar-refractivity contribution in [2.45, 2.75) is 0 Å². The fourth-order valence-corrected chi connectivity index (χ4v) is 3.11. The van der Waals surface area contributed by atoms with E-state index >= 15 is 0 Å². The van der Waals surface area contributed by atoms with Crippen LogP contribution in [-0.4, -0.2) is 28.6 Å². The Morgan fingerprint density at radius 3 is 2.12 bits per heavy atom. The zero-order chi connectivity index (χ0) is 18.3. The lowest BCUT2D eigenvalue weighted by atomic mass is 9.83. The van der Waals surface area contributed by atoms with Crippen LogP contribution in [0, 0.1) is 0 Å². The number of halogens is 1. The van der Waals surface area contributed by atoms with Crippen molar-refractivity contribution in [3.63, 3.8) is 0 Å². The van der Waals surface area contributed by atoms with Gasteiger partial charge in [0.2, 0.25) is 5.96 Å². The van der Waals surface area contributed by atoms with Crippen LogP contribution in [0.25, 0.3) is 0 Å². The lowest BCUT2D eigenvalue weighted by molar-refractivity contribution is 0.0977. The summed E-state index contributed by atoms with van der Waals surface area (Å²) in [7, 11) is 0. The van der Waals surface area contributed by atoms with Crippen molar-refractivity contribution >= 4 is 45.1 Å². The Hall–Kier alpha value is -3.20. The molecule has 25 heavy (non-hydrogen) atoms. The van der Waals surface area contributed by atoms with Crippen LogP contribution in [0.3, 0.4) is 0 Å². The number of carbonyl (C=O) groups is 2. The molecule has 0 saturated heterocycles. The van der Waals surface area contributed by atoms with Gasteiger partial charge in [0.25, 0.3) is 0 Å². The van der Waals surface area contributed by atoms with Gasteiger partial charge in [-0.05, 0) is 22.0 Å². The number of benzene rings is 2. The van der Waals surface area contributed by atoms with Gasteiger partial charge in [0.1, 0.15) is 5.75 Å². The van der Waals surface area contributed by atoms with Crippen molar-refractivity contribution in [3.8, 4) is 5.75 Å². The lowest BCUT2D eigenvalue weighted by Gasteiger charge is -2.20. The second kappa shape index (κ2) is 6.02. The van der Waals surface area contributed by atoms with Gasteiger partial charge in [-0.2, -0.15) is 4.99 Å². The number of rotatable bonds is 1. The summed E-state index contributed by atoms with van der Waals surface area (Å²) in [4.78, 5) is 33.3. The molecule has 2 aromatic rings. The van der Waals surface area contributed by atoms with E-state index in [0.717, 1.165) is 0 Å². The summed E-state index contributed by atoms with van der Waals surface area (Å²) in [6.45, 7) is 0. The van der Waals surface area contributed by atoms with E-state index in [0.29, 0.717) is 0 Å². The predicted molar refractivity (Wildman–Crippen MR) is 96.2 cm³/mol. The van der Waals surface area contributed by atoms with Crippen LogP contribution < -0.4 is 17.2 Å². The quantitative estimate of drug-likeness (QED) is 0.353. The Bertz CT molecular complexity index is 994. The van der Waals surface area contributed by atoms with Crippen molar-refractivity contribution < 1.29 is 14.7 Å². The lowest BCUT2D eigenvalue weighted by Crippen LogP contribution is -2.26. The molecule has 126 valence electrons. The third-order valence-electron chi connectivity index (χ3n) is 3.57. The number of aliphatic imine (C=N–C) groups is 2. The first kappa shape index (κ1) is 16.7. The average Bonchev–Trinajstić information content (AvgIpc) is 2.54. The maximum Gasteiger partial charge on any atom is 0.223 e. The Morgan fingerprint density at radius 2 is 1.56 bits per heavy atom. The van der Waals surface area contributed by atoms with E-state index in [2.05, 4.69) is 25.9 Å². The van der Waals surface area contributed by atoms with Gasteiger partial charge in [-0.3, -0.25) is 9.59 Å². The summed E-state index contributed by atoms with van der Waals surface area (Å²) in [5.41, 5.74) is 16.4. The number of hydrogen-bond donors (Lipinski definition) is 4. The summed E-state index contributed by atoms with van der Waals surface area (Å²) >= 11 is 3.21. The van der Waals surface area contributed by atoms with Crippen LogP contribution >= 0.6 is 15.9 Å². The van der Waals surface area contributed by atoms with Gasteiger partial charge in [0, 0.05) is 15.6 Å². The molecular weight excluding hydrogens is 390 g/mol. The number of ketones is 2. The molecule has 7 N–H and O–H groups in total. The van der Waals surface area contributed by atoms with E-state index in [1.54, 1.807) is 12.1 Å². The summed E-state index contributed by atoms with van der Waals surface area (Å²) in [5.74, 6) is -1.88. The summed E-state index contributed by atoms with van der Waals surface area (Å²) < 4.78 is 0.262. The Balaban J connectivity index is 2.33. The highest BCUT2D eigenvalue weighted by molar-refractivity contribution is 9.10. The van der Waals surface area contributed by atoms with Gasteiger partial charge in [-0.25, -0.2) is 4.99 Å². The molecule has 0 atom stereocenters. The molecule has 0 radical (unpaired) electrons. The first-order chi connectivity index (χ1) is 11.8. The van der Waals surface area contributed by atoms with Crippen molar-refractivity contribution in [3.05, 3.63) is 57.1 Å². The molecule has 0 aliphatic heterocycles. The molecule has 1 aliphatic rings. The number of carbonyl (C=O) groups excluding carboxylic acids is 2. The average molecular weight is 402 g/mol. The molecule has 0 amide bonds. The fraction of sp³-hybridized carbons (Fsp3) is 0. The van der Waals surface area contributed by atoms with Crippen molar-refractivity contribution in [1.82, 2.24) is 0 Å². The molecule has 0 bridgehead atoms. The van der Waals surface area contributed by atoms with Gasteiger partial charge in [0.15, 0.2) is 17.5 Å². The summed E-state index contributed by atoms with van der Waals surface area (Å²) in [6.07, 6.45) is 0. The number of fused-ring (bicyclic) bond motifs is 2. The van der Waals surface area contributed by atoms with Crippen LogP contribution in [0.2, 0.25) is 0 Å². The first-order valence-electron chi connectivity index (χ1n) is 6.99. The second-order valence-electron chi connectivity index (χ2n) is 5.19. The summed E-state index contributed by atoms with van der Waals surface area (Å²) in [5, 5.41) is 10.2. The van der Waals surface area contributed by atoms with Crippen molar-refractivity contribution in [2.75, 3.05) is 0 Å². The number of nitrogens with two attached hydrogens (primary N) is 3.